The maximum atomic E-state index is 14.5. The highest BCUT2D eigenvalue weighted by molar-refractivity contribution is 7.98. The minimum Gasteiger partial charge on any atom is -0.336 e. The van der Waals surface area contributed by atoms with Crippen LogP contribution in [-0.2, 0) is 42.6 Å². The van der Waals surface area contributed by atoms with E-state index in [-0.39, 0.29) is 30.5 Å². The summed E-state index contributed by atoms with van der Waals surface area (Å²) >= 11 is 1.02. The molecular formula is C36H38F4N4O2S. The quantitative estimate of drug-likeness (QED) is 0.0853. The summed E-state index contributed by atoms with van der Waals surface area (Å²) in [6.45, 7) is -5.56. The topological polar surface area (TPSA) is 58.4 Å². The van der Waals surface area contributed by atoms with Crippen molar-refractivity contribution in [2.45, 2.75) is 63.2 Å². The number of aromatic nitrogens is 2. The highest BCUT2D eigenvalue weighted by Gasteiger charge is 2.30. The summed E-state index contributed by atoms with van der Waals surface area (Å²) in [5.74, 6) is -1.29. The average molecular weight is 673 g/mol. The third-order valence-corrected chi connectivity index (χ3v) is 8.90. The first-order valence-corrected chi connectivity index (χ1v) is 16.0. The monoisotopic (exact) mass is 672 g/mol. The Morgan fingerprint density at radius 3 is 2.15 bits per heavy atom. The van der Waals surface area contributed by atoms with Crippen LogP contribution in [-0.4, -0.2) is 51.3 Å². The number of halogens is 4. The zero-order valence-electron chi connectivity index (χ0n) is 31.9. The Labute approximate surface area is 284 Å². The molecule has 0 spiro atoms. The third kappa shape index (κ3) is 8.70. The molecule has 0 saturated carbocycles. The number of fused-ring (bicyclic) bond motifs is 1. The molecule has 1 aliphatic rings. The Hall–Kier alpha value is -3.96. The van der Waals surface area contributed by atoms with Crippen LogP contribution in [0.5, 0.6) is 0 Å². The lowest BCUT2D eigenvalue weighted by Crippen LogP contribution is -2.40. The van der Waals surface area contributed by atoms with Gasteiger partial charge in [0.1, 0.15) is 12.3 Å². The van der Waals surface area contributed by atoms with Gasteiger partial charge in [0.05, 0.1) is 8.30 Å². The fraction of sp³-hybridized carbons (Fsp3) is 0.361. The summed E-state index contributed by atoms with van der Waals surface area (Å²) in [6.07, 6.45) is -3.27. The summed E-state index contributed by atoms with van der Waals surface area (Å²) in [6, 6.07) is 16.9. The summed E-state index contributed by atoms with van der Waals surface area (Å²) < 4.78 is 105. The molecule has 1 heterocycles. The molecular weight excluding hydrogens is 628 g/mol. The predicted octanol–water partition coefficient (Wildman–Crippen LogP) is 7.22. The fourth-order valence-electron chi connectivity index (χ4n) is 5.31. The molecule has 0 aliphatic heterocycles. The van der Waals surface area contributed by atoms with E-state index in [2.05, 4.69) is 4.98 Å². The molecule has 0 bridgehead atoms. The maximum Gasteiger partial charge on any atom is 0.416 e. The van der Waals surface area contributed by atoms with Gasteiger partial charge < -0.3 is 14.4 Å². The molecule has 5 rings (SSSR count). The van der Waals surface area contributed by atoms with E-state index in [9.17, 15) is 29.9 Å². The Morgan fingerprint density at radius 2 is 1.53 bits per heavy atom. The predicted molar refractivity (Wildman–Crippen MR) is 177 cm³/mol. The number of likely N-dealkylation sites (N-methyl/N-ethyl adjacent to an activating group) is 1. The van der Waals surface area contributed by atoms with Crippen molar-refractivity contribution >= 4 is 17.7 Å². The third-order valence-electron chi connectivity index (χ3n) is 7.89. The number of carbonyl (C=O) groups is 1. The van der Waals surface area contributed by atoms with Crippen molar-refractivity contribution < 1.29 is 30.6 Å². The number of rotatable bonds is 13. The van der Waals surface area contributed by atoms with Gasteiger partial charge in [-0.15, -0.1) is 0 Å². The van der Waals surface area contributed by atoms with E-state index in [1.165, 1.54) is 38.1 Å². The Morgan fingerprint density at radius 1 is 0.915 bits per heavy atom. The van der Waals surface area contributed by atoms with E-state index >= 15 is 0 Å². The molecule has 0 N–H and O–H groups in total. The zero-order valence-corrected chi connectivity index (χ0v) is 26.7. The van der Waals surface area contributed by atoms with E-state index < -0.39 is 48.5 Å². The van der Waals surface area contributed by atoms with Gasteiger partial charge in [0.2, 0.25) is 5.91 Å². The molecule has 1 aromatic heterocycles. The van der Waals surface area contributed by atoms with Crippen molar-refractivity contribution in [2.24, 2.45) is 0 Å². The second-order valence-corrected chi connectivity index (χ2v) is 11.9. The van der Waals surface area contributed by atoms with Crippen LogP contribution in [0, 0.1) is 5.82 Å². The molecule has 0 unspecified atom stereocenters. The summed E-state index contributed by atoms with van der Waals surface area (Å²) in [5.41, 5.74) is 1.64. The SMILES string of the molecule is [2H]C([2H])(C)N(CCN(Cc1ccc(-c2ccc(C(F)(F)F)cc2)cc1)C(=O)C([2H])([2H])n1c(SCc2ccc(F)cc2)nc(=O)c2c1CCC2)C([2H])([2H])C. The van der Waals surface area contributed by atoms with E-state index in [0.717, 1.165) is 38.3 Å². The van der Waals surface area contributed by atoms with Crippen LogP contribution in [0.1, 0.15) is 56.4 Å². The van der Waals surface area contributed by atoms with Gasteiger partial charge in [-0.1, -0.05) is 74.1 Å². The molecule has 6 nitrogen and oxygen atoms in total. The van der Waals surface area contributed by atoms with Gasteiger partial charge in [-0.25, -0.2) is 4.39 Å². The van der Waals surface area contributed by atoms with Crippen LogP contribution in [0.2, 0.25) is 0 Å². The number of hydrogen-bond acceptors (Lipinski definition) is 5. The molecule has 0 saturated heterocycles. The van der Waals surface area contributed by atoms with Gasteiger partial charge in [0, 0.05) is 42.1 Å². The largest absolute Gasteiger partial charge is 0.416 e. The Bertz CT molecular complexity index is 1970. The second-order valence-electron chi connectivity index (χ2n) is 10.9. The molecule has 11 heteroatoms. The molecule has 0 atom stereocenters. The van der Waals surface area contributed by atoms with Crippen molar-refractivity contribution in [3.05, 3.63) is 117 Å². The van der Waals surface area contributed by atoms with Crippen molar-refractivity contribution in [3.63, 3.8) is 0 Å². The molecule has 0 fully saturated rings. The zero-order chi connectivity index (χ0) is 38.9. The second kappa shape index (κ2) is 15.3. The lowest BCUT2D eigenvalue weighted by molar-refractivity contribution is -0.137. The van der Waals surface area contributed by atoms with Gasteiger partial charge in [-0.3, -0.25) is 9.59 Å². The molecule has 248 valence electrons. The van der Waals surface area contributed by atoms with E-state index in [4.69, 9.17) is 5.48 Å². The maximum absolute atomic E-state index is 14.5. The summed E-state index contributed by atoms with van der Waals surface area (Å²) in [7, 11) is 0. The van der Waals surface area contributed by atoms with Crippen LogP contribution in [0.3, 0.4) is 0 Å². The first-order chi connectivity index (χ1) is 24.7. The lowest BCUT2D eigenvalue weighted by atomic mass is 10.0. The first kappa shape index (κ1) is 27.0. The van der Waals surface area contributed by atoms with E-state index in [1.54, 1.807) is 36.4 Å². The summed E-state index contributed by atoms with van der Waals surface area (Å²) in [4.78, 5) is 33.8. The van der Waals surface area contributed by atoms with Crippen LogP contribution in [0.15, 0.2) is 82.7 Å². The van der Waals surface area contributed by atoms with E-state index in [1.807, 2.05) is 0 Å². The average Bonchev–Trinajstić information content (AvgIpc) is 3.56. The standard InChI is InChI=1S/C36H38F4N4O2S/c1-3-42(4-2)20-21-43(22-25-8-12-27(13-9-25)28-14-16-29(17-15-28)36(38,39)40)33(45)23-44-32-7-5-6-31(32)34(46)41-35(44)47-24-26-10-18-30(37)19-11-26/h8-19H,3-7,20-24H2,1-2H3/i3D2,4D2,23D2. The highest BCUT2D eigenvalue weighted by atomic mass is 32.2. The number of hydrogen-bond donors (Lipinski definition) is 0. The van der Waals surface area contributed by atoms with Gasteiger partial charge >= 0.3 is 6.18 Å². The Kier molecular flexibility index (Phi) is 8.80. The van der Waals surface area contributed by atoms with E-state index in [0.29, 0.717) is 52.8 Å². The molecule has 47 heavy (non-hydrogen) atoms. The van der Waals surface area contributed by atoms with Crippen LogP contribution in [0.25, 0.3) is 11.1 Å². The number of benzene rings is 3. The highest BCUT2D eigenvalue weighted by Crippen LogP contribution is 2.31. The van der Waals surface area contributed by atoms with Crippen molar-refractivity contribution in [3.8, 4) is 11.1 Å². The van der Waals surface area contributed by atoms with Crippen LogP contribution < -0.4 is 5.56 Å². The van der Waals surface area contributed by atoms with Gasteiger partial charge in [-0.2, -0.15) is 18.2 Å². The normalized spacial score (nSPS) is 15.6. The molecule has 1 aliphatic carbocycles. The number of alkyl halides is 3. The van der Waals surface area contributed by atoms with Crippen LogP contribution >= 0.6 is 11.8 Å². The van der Waals surface area contributed by atoms with Gasteiger partial charge in [-0.05, 0) is 78.8 Å². The Balaban J connectivity index is 1.50. The smallest absolute Gasteiger partial charge is 0.336 e. The fourth-order valence-corrected chi connectivity index (χ4v) is 6.24. The van der Waals surface area contributed by atoms with Gasteiger partial charge in [0.15, 0.2) is 5.16 Å². The minimum absolute atomic E-state index is 0.0458. The minimum atomic E-state index is -4.49. The molecule has 0 radical (unpaired) electrons. The first-order valence-electron chi connectivity index (χ1n) is 18.0. The van der Waals surface area contributed by atoms with Crippen LogP contribution in [0.4, 0.5) is 17.6 Å². The number of thioether (sulfide) groups is 1. The lowest BCUT2D eigenvalue weighted by Gasteiger charge is -2.28. The van der Waals surface area contributed by atoms with Gasteiger partial charge in [0.25, 0.3) is 5.56 Å². The number of nitrogens with zero attached hydrogens (tertiary/aromatic N) is 4. The molecule has 1 amide bonds. The summed E-state index contributed by atoms with van der Waals surface area (Å²) in [5, 5.41) is -0.0458. The van der Waals surface area contributed by atoms with Crippen molar-refractivity contribution in [1.29, 1.82) is 0 Å². The number of amides is 1. The number of carbonyl (C=O) groups excluding carboxylic acids is 1. The molecule has 3 aromatic carbocycles. The molecule has 4 aromatic rings. The van der Waals surface area contributed by atoms with Crippen molar-refractivity contribution in [2.75, 3.05) is 26.1 Å². The van der Waals surface area contributed by atoms with Crippen molar-refractivity contribution in [1.82, 2.24) is 19.4 Å².